The molecule has 0 aromatic carbocycles. The maximum Gasteiger partial charge on any atom is -0.00156 e. The Morgan fingerprint density at radius 2 is 1.53 bits per heavy atom. The molecule has 0 spiro atoms. The van der Waals surface area contributed by atoms with Crippen molar-refractivity contribution in [2.75, 3.05) is 26.2 Å². The zero-order valence-corrected chi connectivity index (χ0v) is 11.8. The van der Waals surface area contributed by atoms with Crippen LogP contribution < -0.4 is 5.73 Å². The van der Waals surface area contributed by atoms with E-state index in [9.17, 15) is 0 Å². The van der Waals surface area contributed by atoms with Crippen LogP contribution in [0, 0.1) is 5.92 Å². The van der Waals surface area contributed by atoms with E-state index in [0.29, 0.717) is 0 Å². The van der Waals surface area contributed by atoms with Crippen molar-refractivity contribution in [3.63, 3.8) is 0 Å². The van der Waals surface area contributed by atoms with Gasteiger partial charge in [0.05, 0.1) is 0 Å². The number of nitrogens with zero attached hydrogens (tertiary/aromatic N) is 1. The van der Waals surface area contributed by atoms with E-state index in [1.54, 1.807) is 0 Å². The van der Waals surface area contributed by atoms with E-state index < -0.39 is 0 Å². The predicted molar refractivity (Wildman–Crippen MR) is 76.2 cm³/mol. The predicted octanol–water partition coefficient (Wildman–Crippen LogP) is 3.41. The van der Waals surface area contributed by atoms with Crippen LogP contribution in [0.15, 0.2) is 0 Å². The van der Waals surface area contributed by atoms with Crippen molar-refractivity contribution in [2.45, 2.75) is 64.7 Å². The smallest absolute Gasteiger partial charge is 0.00156 e. The molecule has 1 saturated heterocycles. The minimum Gasteiger partial charge on any atom is -0.330 e. The fraction of sp³-hybridized carbons (Fsp3) is 1.00. The third-order valence-corrected chi connectivity index (χ3v) is 4.12. The van der Waals surface area contributed by atoms with Crippen molar-refractivity contribution >= 4 is 0 Å². The van der Waals surface area contributed by atoms with Crippen molar-refractivity contribution < 1.29 is 0 Å². The largest absolute Gasteiger partial charge is 0.330 e. The summed E-state index contributed by atoms with van der Waals surface area (Å²) in [6.45, 7) is 7.08. The van der Waals surface area contributed by atoms with Gasteiger partial charge >= 0.3 is 0 Å². The second kappa shape index (κ2) is 9.90. The monoisotopic (exact) mass is 240 g/mol. The SMILES string of the molecule is CCCCCCCCCN1CCC(CN)CC1. The van der Waals surface area contributed by atoms with Gasteiger partial charge < -0.3 is 10.6 Å². The summed E-state index contributed by atoms with van der Waals surface area (Å²) in [7, 11) is 0. The lowest BCUT2D eigenvalue weighted by atomic mass is 9.97. The molecule has 1 aliphatic rings. The molecule has 0 aromatic rings. The van der Waals surface area contributed by atoms with Gasteiger partial charge in [0.15, 0.2) is 0 Å². The Kier molecular flexibility index (Phi) is 8.72. The molecule has 2 nitrogen and oxygen atoms in total. The summed E-state index contributed by atoms with van der Waals surface area (Å²) in [5.74, 6) is 0.806. The van der Waals surface area contributed by atoms with E-state index in [-0.39, 0.29) is 0 Å². The maximum absolute atomic E-state index is 5.71. The number of nitrogens with two attached hydrogens (primary N) is 1. The lowest BCUT2D eigenvalue weighted by Crippen LogP contribution is -2.36. The Morgan fingerprint density at radius 1 is 0.941 bits per heavy atom. The lowest BCUT2D eigenvalue weighted by molar-refractivity contribution is 0.184. The highest BCUT2D eigenvalue weighted by atomic mass is 15.1. The van der Waals surface area contributed by atoms with Crippen molar-refractivity contribution in [3.8, 4) is 0 Å². The number of hydrogen-bond acceptors (Lipinski definition) is 2. The van der Waals surface area contributed by atoms with Gasteiger partial charge in [-0.15, -0.1) is 0 Å². The van der Waals surface area contributed by atoms with Gasteiger partial charge in [-0.1, -0.05) is 45.4 Å². The minimum atomic E-state index is 0.806. The molecular formula is C15H32N2. The molecule has 1 rings (SSSR count). The van der Waals surface area contributed by atoms with Gasteiger partial charge in [0.25, 0.3) is 0 Å². The third-order valence-electron chi connectivity index (χ3n) is 4.12. The first-order valence-electron chi connectivity index (χ1n) is 7.79. The molecule has 0 aliphatic carbocycles. The van der Waals surface area contributed by atoms with Crippen LogP contribution in [0.1, 0.15) is 64.7 Å². The zero-order chi connectivity index (χ0) is 12.3. The highest BCUT2D eigenvalue weighted by molar-refractivity contribution is 4.72. The Morgan fingerprint density at radius 3 is 2.12 bits per heavy atom. The van der Waals surface area contributed by atoms with Crippen LogP contribution in [0.3, 0.4) is 0 Å². The quantitative estimate of drug-likeness (QED) is 0.626. The fourth-order valence-electron chi connectivity index (χ4n) is 2.74. The van der Waals surface area contributed by atoms with E-state index in [4.69, 9.17) is 5.73 Å². The highest BCUT2D eigenvalue weighted by Crippen LogP contribution is 2.16. The lowest BCUT2D eigenvalue weighted by Gasteiger charge is -2.31. The highest BCUT2D eigenvalue weighted by Gasteiger charge is 2.16. The number of rotatable bonds is 9. The Balaban J connectivity index is 1.87. The summed E-state index contributed by atoms with van der Waals surface area (Å²) < 4.78 is 0. The second-order valence-electron chi connectivity index (χ2n) is 5.64. The van der Waals surface area contributed by atoms with E-state index in [1.165, 1.54) is 77.4 Å². The van der Waals surface area contributed by atoms with E-state index in [0.717, 1.165) is 12.5 Å². The molecule has 1 heterocycles. The number of piperidine rings is 1. The normalized spacial score (nSPS) is 18.7. The molecule has 0 bridgehead atoms. The zero-order valence-electron chi connectivity index (χ0n) is 11.8. The first-order chi connectivity index (χ1) is 8.36. The van der Waals surface area contributed by atoms with E-state index in [1.807, 2.05) is 0 Å². The van der Waals surface area contributed by atoms with Gasteiger partial charge in [-0.3, -0.25) is 0 Å². The number of unbranched alkanes of at least 4 members (excludes halogenated alkanes) is 6. The number of hydrogen-bond donors (Lipinski definition) is 1. The molecule has 0 atom stereocenters. The van der Waals surface area contributed by atoms with Gasteiger partial charge in [0.2, 0.25) is 0 Å². The number of likely N-dealkylation sites (tertiary alicyclic amines) is 1. The first-order valence-corrected chi connectivity index (χ1v) is 7.79. The summed E-state index contributed by atoms with van der Waals surface area (Å²) in [6, 6.07) is 0. The average molecular weight is 240 g/mol. The third kappa shape index (κ3) is 7.05. The molecule has 0 saturated carbocycles. The van der Waals surface area contributed by atoms with Crippen molar-refractivity contribution in [1.82, 2.24) is 4.90 Å². The molecule has 1 fully saturated rings. The van der Waals surface area contributed by atoms with Crippen LogP contribution >= 0.6 is 0 Å². The van der Waals surface area contributed by atoms with Gasteiger partial charge in [-0.25, -0.2) is 0 Å². The first kappa shape index (κ1) is 15.0. The van der Waals surface area contributed by atoms with Gasteiger partial charge in [0, 0.05) is 0 Å². The summed E-state index contributed by atoms with van der Waals surface area (Å²) in [5.41, 5.74) is 5.71. The summed E-state index contributed by atoms with van der Waals surface area (Å²) in [5, 5.41) is 0. The summed E-state index contributed by atoms with van der Waals surface area (Å²) in [6.07, 6.45) is 12.6. The van der Waals surface area contributed by atoms with Crippen molar-refractivity contribution in [3.05, 3.63) is 0 Å². The van der Waals surface area contributed by atoms with Crippen LogP contribution in [0.5, 0.6) is 0 Å². The van der Waals surface area contributed by atoms with Crippen LogP contribution in [0.25, 0.3) is 0 Å². The molecule has 2 heteroatoms. The minimum absolute atomic E-state index is 0.806. The molecule has 102 valence electrons. The van der Waals surface area contributed by atoms with Crippen LogP contribution in [0.2, 0.25) is 0 Å². The topological polar surface area (TPSA) is 29.3 Å². The molecule has 0 unspecified atom stereocenters. The molecular weight excluding hydrogens is 208 g/mol. The van der Waals surface area contributed by atoms with Crippen molar-refractivity contribution in [2.24, 2.45) is 11.7 Å². The molecule has 2 N–H and O–H groups in total. The average Bonchev–Trinajstić information content (AvgIpc) is 2.38. The van der Waals surface area contributed by atoms with Gasteiger partial charge in [-0.05, 0) is 51.4 Å². The molecule has 0 amide bonds. The van der Waals surface area contributed by atoms with Gasteiger partial charge in [0.1, 0.15) is 0 Å². The van der Waals surface area contributed by atoms with E-state index in [2.05, 4.69) is 11.8 Å². The second-order valence-corrected chi connectivity index (χ2v) is 5.64. The van der Waals surface area contributed by atoms with Crippen LogP contribution in [-0.2, 0) is 0 Å². The Labute approximate surface area is 108 Å². The molecule has 1 aliphatic heterocycles. The molecule has 0 radical (unpaired) electrons. The van der Waals surface area contributed by atoms with Crippen LogP contribution in [-0.4, -0.2) is 31.1 Å². The van der Waals surface area contributed by atoms with Crippen molar-refractivity contribution in [1.29, 1.82) is 0 Å². The summed E-state index contributed by atoms with van der Waals surface area (Å²) in [4.78, 5) is 2.64. The standard InChI is InChI=1S/C15H32N2/c1-2-3-4-5-6-7-8-11-17-12-9-15(14-16)10-13-17/h15H,2-14,16H2,1H3. The van der Waals surface area contributed by atoms with E-state index >= 15 is 0 Å². The summed E-state index contributed by atoms with van der Waals surface area (Å²) >= 11 is 0. The van der Waals surface area contributed by atoms with Crippen LogP contribution in [0.4, 0.5) is 0 Å². The Hall–Kier alpha value is -0.0800. The fourth-order valence-corrected chi connectivity index (χ4v) is 2.74. The van der Waals surface area contributed by atoms with Gasteiger partial charge in [-0.2, -0.15) is 0 Å². The maximum atomic E-state index is 5.71. The molecule has 17 heavy (non-hydrogen) atoms. The Bertz CT molecular complexity index is 162. The molecule has 0 aromatic heterocycles.